The molecule has 0 aliphatic rings. The number of carboxylic acid groups (broad SMARTS) is 1. The number of ether oxygens (including phenoxy) is 1. The van der Waals surface area contributed by atoms with E-state index < -0.39 is 24.7 Å². The Morgan fingerprint density at radius 3 is 2.57 bits per heavy atom. The molecule has 1 rings (SSSR count). The Morgan fingerprint density at radius 2 is 2.00 bits per heavy atom. The Kier molecular flexibility index (Phi) is 5.71. The fourth-order valence-corrected chi connectivity index (χ4v) is 1.51. The molecule has 0 aromatic heterocycles. The highest BCUT2D eigenvalue weighted by Crippen LogP contribution is 2.16. The van der Waals surface area contributed by atoms with Gasteiger partial charge in [0.1, 0.15) is 6.61 Å². The van der Waals surface area contributed by atoms with Crippen molar-refractivity contribution in [2.24, 2.45) is 0 Å². The van der Waals surface area contributed by atoms with Gasteiger partial charge >= 0.3 is 12.1 Å². The summed E-state index contributed by atoms with van der Waals surface area (Å²) in [7, 11) is 0. The van der Waals surface area contributed by atoms with E-state index in [0.29, 0.717) is 5.56 Å². The molecule has 0 atom stereocenters. The first kappa shape index (κ1) is 17.0. The third kappa shape index (κ3) is 6.26. The Labute approximate surface area is 118 Å². The third-order valence-corrected chi connectivity index (χ3v) is 2.49. The number of aryl methyl sites for hydroxylation is 1. The van der Waals surface area contributed by atoms with E-state index >= 15 is 0 Å². The van der Waals surface area contributed by atoms with Gasteiger partial charge in [0.15, 0.2) is 0 Å². The van der Waals surface area contributed by atoms with Crippen LogP contribution >= 0.6 is 0 Å². The second-order valence-corrected chi connectivity index (χ2v) is 4.30. The number of amides is 1. The average Bonchev–Trinajstić information content (AvgIpc) is 2.35. The molecule has 116 valence electrons. The molecule has 2 N–H and O–H groups in total. The van der Waals surface area contributed by atoms with Crippen molar-refractivity contribution >= 4 is 17.6 Å². The largest absolute Gasteiger partial charge is 0.478 e. The Morgan fingerprint density at radius 1 is 1.33 bits per heavy atom. The predicted molar refractivity (Wildman–Crippen MR) is 68.3 cm³/mol. The van der Waals surface area contributed by atoms with Gasteiger partial charge < -0.3 is 15.2 Å². The first-order chi connectivity index (χ1) is 9.69. The summed E-state index contributed by atoms with van der Waals surface area (Å²) in [5.74, 6) is -1.69. The van der Waals surface area contributed by atoms with Crippen LogP contribution in [0.5, 0.6) is 0 Å². The topological polar surface area (TPSA) is 75.6 Å². The maximum atomic E-state index is 11.8. The zero-order chi connectivity index (χ0) is 16.0. The van der Waals surface area contributed by atoms with Crippen molar-refractivity contribution in [3.05, 3.63) is 29.3 Å². The van der Waals surface area contributed by atoms with Crippen LogP contribution in [-0.2, 0) is 9.53 Å². The molecule has 0 radical (unpaired) electrons. The summed E-state index contributed by atoms with van der Waals surface area (Å²) >= 11 is 0. The summed E-state index contributed by atoms with van der Waals surface area (Å²) in [4.78, 5) is 22.4. The molecule has 0 heterocycles. The van der Waals surface area contributed by atoms with Crippen molar-refractivity contribution in [2.45, 2.75) is 19.5 Å². The van der Waals surface area contributed by atoms with Crippen LogP contribution in [0.4, 0.5) is 18.9 Å². The molecule has 0 bridgehead atoms. The van der Waals surface area contributed by atoms with Gasteiger partial charge in [-0.25, -0.2) is 4.79 Å². The summed E-state index contributed by atoms with van der Waals surface area (Å²) in [5.41, 5.74) is 0.842. The number of rotatable bonds is 6. The Bertz CT molecular complexity index is 529. The minimum atomic E-state index is -4.43. The molecular weight excluding hydrogens is 291 g/mol. The lowest BCUT2D eigenvalue weighted by Crippen LogP contribution is -2.20. The standard InChI is InChI=1S/C13H14F3NO4/c1-8-2-3-9(6-10(8)12(19)20)17-11(18)4-5-21-7-13(14,15)16/h2-3,6H,4-5,7H2,1H3,(H,17,18)(H,19,20). The van der Waals surface area contributed by atoms with Crippen molar-refractivity contribution in [1.82, 2.24) is 0 Å². The number of alkyl halides is 3. The molecule has 0 saturated heterocycles. The highest BCUT2D eigenvalue weighted by molar-refractivity contribution is 5.94. The lowest BCUT2D eigenvalue weighted by molar-refractivity contribution is -0.174. The van der Waals surface area contributed by atoms with Crippen molar-refractivity contribution in [3.8, 4) is 0 Å². The minimum Gasteiger partial charge on any atom is -0.478 e. The maximum absolute atomic E-state index is 11.8. The Balaban J connectivity index is 2.48. The zero-order valence-corrected chi connectivity index (χ0v) is 11.2. The van der Waals surface area contributed by atoms with Crippen LogP contribution in [0.15, 0.2) is 18.2 Å². The smallest absolute Gasteiger partial charge is 0.411 e. The van der Waals surface area contributed by atoms with Gasteiger partial charge in [0.25, 0.3) is 0 Å². The van der Waals surface area contributed by atoms with E-state index in [-0.39, 0.29) is 24.3 Å². The molecule has 21 heavy (non-hydrogen) atoms. The predicted octanol–water partition coefficient (Wildman–Crippen LogP) is 2.60. The maximum Gasteiger partial charge on any atom is 0.411 e. The van der Waals surface area contributed by atoms with Crippen molar-refractivity contribution in [2.75, 3.05) is 18.5 Å². The summed E-state index contributed by atoms with van der Waals surface area (Å²) in [6.07, 6.45) is -4.68. The van der Waals surface area contributed by atoms with Gasteiger partial charge in [-0.2, -0.15) is 13.2 Å². The molecule has 0 aliphatic carbocycles. The molecular formula is C13H14F3NO4. The highest BCUT2D eigenvalue weighted by atomic mass is 19.4. The summed E-state index contributed by atoms with van der Waals surface area (Å²) in [6, 6.07) is 4.32. The molecule has 0 spiro atoms. The van der Waals surface area contributed by atoms with E-state index in [1.165, 1.54) is 18.2 Å². The second-order valence-electron chi connectivity index (χ2n) is 4.30. The van der Waals surface area contributed by atoms with E-state index in [0.717, 1.165) is 0 Å². The quantitative estimate of drug-likeness (QED) is 0.792. The van der Waals surface area contributed by atoms with Crippen LogP contribution < -0.4 is 5.32 Å². The number of carbonyl (C=O) groups is 2. The van der Waals surface area contributed by atoms with Crippen LogP contribution in [0.3, 0.4) is 0 Å². The third-order valence-electron chi connectivity index (χ3n) is 2.49. The number of anilines is 1. The number of carbonyl (C=O) groups excluding carboxylic acids is 1. The van der Waals surface area contributed by atoms with Gasteiger partial charge in [0, 0.05) is 5.69 Å². The van der Waals surface area contributed by atoms with Crippen LogP contribution in [0.1, 0.15) is 22.3 Å². The molecule has 0 aliphatic heterocycles. The van der Waals surface area contributed by atoms with Crippen LogP contribution in [0.25, 0.3) is 0 Å². The number of halogens is 3. The number of hydrogen-bond acceptors (Lipinski definition) is 3. The molecule has 1 aromatic rings. The lowest BCUT2D eigenvalue weighted by Gasteiger charge is -2.09. The van der Waals surface area contributed by atoms with Gasteiger partial charge in [-0.15, -0.1) is 0 Å². The first-order valence-electron chi connectivity index (χ1n) is 5.97. The molecule has 1 amide bonds. The first-order valence-corrected chi connectivity index (χ1v) is 5.97. The van der Waals surface area contributed by atoms with Crippen molar-refractivity contribution in [3.63, 3.8) is 0 Å². The number of aromatic carboxylic acids is 1. The second kappa shape index (κ2) is 7.07. The van der Waals surface area contributed by atoms with Gasteiger partial charge in [-0.3, -0.25) is 4.79 Å². The van der Waals surface area contributed by atoms with E-state index in [1.807, 2.05) is 0 Å². The molecule has 0 fully saturated rings. The summed E-state index contributed by atoms with van der Waals surface area (Å²) < 4.78 is 39.7. The summed E-state index contributed by atoms with van der Waals surface area (Å²) in [6.45, 7) is -0.170. The molecule has 8 heteroatoms. The van der Waals surface area contributed by atoms with Crippen LogP contribution in [0.2, 0.25) is 0 Å². The molecule has 5 nitrogen and oxygen atoms in total. The highest BCUT2D eigenvalue weighted by Gasteiger charge is 2.27. The Hall–Kier alpha value is -2.09. The summed E-state index contributed by atoms with van der Waals surface area (Å²) in [5, 5.41) is 11.3. The van der Waals surface area contributed by atoms with Crippen molar-refractivity contribution in [1.29, 1.82) is 0 Å². The van der Waals surface area contributed by atoms with E-state index in [2.05, 4.69) is 10.1 Å². The van der Waals surface area contributed by atoms with Gasteiger partial charge in [0.2, 0.25) is 5.91 Å². The molecule has 1 aromatic carbocycles. The molecule has 0 saturated carbocycles. The van der Waals surface area contributed by atoms with Gasteiger partial charge in [-0.05, 0) is 24.6 Å². The van der Waals surface area contributed by atoms with Gasteiger partial charge in [-0.1, -0.05) is 6.07 Å². The lowest BCUT2D eigenvalue weighted by atomic mass is 10.1. The monoisotopic (exact) mass is 305 g/mol. The van der Waals surface area contributed by atoms with Gasteiger partial charge in [0.05, 0.1) is 18.6 Å². The number of benzene rings is 1. The van der Waals surface area contributed by atoms with Crippen molar-refractivity contribution < 1.29 is 32.6 Å². The van der Waals surface area contributed by atoms with Crippen LogP contribution in [0, 0.1) is 6.92 Å². The van der Waals surface area contributed by atoms with E-state index in [4.69, 9.17) is 5.11 Å². The number of nitrogens with one attached hydrogen (secondary N) is 1. The number of hydrogen-bond donors (Lipinski definition) is 2. The molecule has 0 unspecified atom stereocenters. The van der Waals surface area contributed by atoms with E-state index in [9.17, 15) is 22.8 Å². The number of carboxylic acids is 1. The zero-order valence-electron chi connectivity index (χ0n) is 11.2. The van der Waals surface area contributed by atoms with Crippen LogP contribution in [-0.4, -0.2) is 36.4 Å². The minimum absolute atomic E-state index is 0.0427. The average molecular weight is 305 g/mol. The normalized spacial score (nSPS) is 11.2. The SMILES string of the molecule is Cc1ccc(NC(=O)CCOCC(F)(F)F)cc1C(=O)O. The van der Waals surface area contributed by atoms with E-state index in [1.54, 1.807) is 6.92 Å². The fourth-order valence-electron chi connectivity index (χ4n) is 1.51. The fraction of sp³-hybridized carbons (Fsp3) is 0.385.